The Hall–Kier alpha value is -2.90. The standard InChI is InChI=1S/C24H29N5O4S3/c1-15(2)27-24(34)29-18-7-5-17(6-8-18)23-25-14-21(35-23)20-10-9-19(28-16(3)30)13-22(20)36(31,32)26-11-12-33-4/h5-10,13-15,26H,11-12H2,1-4H3,(H,28,30)(H2,27,29,34). The number of methoxy groups -OCH3 is 1. The number of thiocarbonyl (C=S) groups is 1. The highest BCUT2D eigenvalue weighted by Crippen LogP contribution is 2.37. The van der Waals surface area contributed by atoms with Gasteiger partial charge in [0, 0.05) is 55.3 Å². The monoisotopic (exact) mass is 547 g/mol. The Morgan fingerprint density at radius 3 is 2.44 bits per heavy atom. The van der Waals surface area contributed by atoms with E-state index >= 15 is 0 Å². The molecule has 1 amide bonds. The molecule has 36 heavy (non-hydrogen) atoms. The number of hydrogen-bond donors (Lipinski definition) is 4. The van der Waals surface area contributed by atoms with Gasteiger partial charge in [-0.25, -0.2) is 18.1 Å². The van der Waals surface area contributed by atoms with Crippen molar-refractivity contribution in [1.29, 1.82) is 0 Å². The number of sulfonamides is 1. The second-order valence-electron chi connectivity index (χ2n) is 8.14. The minimum Gasteiger partial charge on any atom is -0.383 e. The minimum absolute atomic E-state index is 0.0470. The van der Waals surface area contributed by atoms with Crippen molar-refractivity contribution in [3.63, 3.8) is 0 Å². The van der Waals surface area contributed by atoms with Crippen LogP contribution in [0.5, 0.6) is 0 Å². The molecule has 0 aliphatic heterocycles. The molecule has 0 radical (unpaired) electrons. The van der Waals surface area contributed by atoms with Gasteiger partial charge in [0.1, 0.15) is 5.01 Å². The molecule has 192 valence electrons. The molecular formula is C24H29N5O4S3. The number of benzene rings is 2. The van der Waals surface area contributed by atoms with Crippen LogP contribution in [0.1, 0.15) is 20.8 Å². The van der Waals surface area contributed by atoms with E-state index in [9.17, 15) is 13.2 Å². The first-order valence-electron chi connectivity index (χ1n) is 11.1. The number of rotatable bonds is 10. The molecule has 0 atom stereocenters. The van der Waals surface area contributed by atoms with Crippen molar-refractivity contribution in [2.75, 3.05) is 30.9 Å². The van der Waals surface area contributed by atoms with E-state index in [4.69, 9.17) is 17.0 Å². The lowest BCUT2D eigenvalue weighted by molar-refractivity contribution is -0.114. The summed E-state index contributed by atoms with van der Waals surface area (Å²) < 4.78 is 33.7. The summed E-state index contributed by atoms with van der Waals surface area (Å²) in [6.07, 6.45) is 1.65. The van der Waals surface area contributed by atoms with Crippen LogP contribution in [0.2, 0.25) is 0 Å². The summed E-state index contributed by atoms with van der Waals surface area (Å²) in [4.78, 5) is 16.8. The summed E-state index contributed by atoms with van der Waals surface area (Å²) in [5.74, 6) is -0.294. The molecule has 12 heteroatoms. The summed E-state index contributed by atoms with van der Waals surface area (Å²) in [5, 5.41) is 10.2. The minimum atomic E-state index is -3.88. The van der Waals surface area contributed by atoms with Crippen LogP contribution in [-0.2, 0) is 19.6 Å². The Bertz CT molecular complexity index is 1320. The van der Waals surface area contributed by atoms with Gasteiger partial charge < -0.3 is 20.7 Å². The zero-order valence-electron chi connectivity index (χ0n) is 20.4. The molecule has 0 spiro atoms. The Morgan fingerprint density at radius 1 is 1.11 bits per heavy atom. The molecule has 0 fully saturated rings. The highest BCUT2D eigenvalue weighted by Gasteiger charge is 2.22. The lowest BCUT2D eigenvalue weighted by atomic mass is 10.2. The van der Waals surface area contributed by atoms with Crippen LogP contribution in [0.15, 0.2) is 53.6 Å². The molecule has 0 unspecified atom stereocenters. The lowest BCUT2D eigenvalue weighted by Gasteiger charge is -2.13. The first kappa shape index (κ1) is 27.7. The Morgan fingerprint density at radius 2 is 1.81 bits per heavy atom. The first-order valence-corrected chi connectivity index (χ1v) is 13.8. The average Bonchev–Trinajstić information content (AvgIpc) is 3.29. The van der Waals surface area contributed by atoms with Crippen LogP contribution in [0.25, 0.3) is 21.0 Å². The molecule has 2 aromatic carbocycles. The fourth-order valence-electron chi connectivity index (χ4n) is 3.24. The normalized spacial score (nSPS) is 11.4. The zero-order valence-corrected chi connectivity index (χ0v) is 22.9. The SMILES string of the molecule is COCCNS(=O)(=O)c1cc(NC(C)=O)ccc1-c1cnc(-c2ccc(NC(=S)NC(C)C)cc2)s1. The number of aromatic nitrogens is 1. The van der Waals surface area contributed by atoms with Crippen LogP contribution in [0, 0.1) is 0 Å². The molecule has 3 rings (SSSR count). The summed E-state index contributed by atoms with van der Waals surface area (Å²) in [6, 6.07) is 12.7. The molecule has 0 saturated carbocycles. The maximum Gasteiger partial charge on any atom is 0.241 e. The van der Waals surface area contributed by atoms with Gasteiger partial charge in [-0.15, -0.1) is 11.3 Å². The van der Waals surface area contributed by atoms with Crippen molar-refractivity contribution in [2.24, 2.45) is 0 Å². The Balaban J connectivity index is 1.90. The van der Waals surface area contributed by atoms with E-state index in [1.807, 2.05) is 38.1 Å². The third-order valence-electron chi connectivity index (χ3n) is 4.77. The molecule has 9 nitrogen and oxygen atoms in total. The lowest BCUT2D eigenvalue weighted by Crippen LogP contribution is -2.33. The molecule has 1 heterocycles. The number of nitrogens with zero attached hydrogens (tertiary/aromatic N) is 1. The van der Waals surface area contributed by atoms with Gasteiger partial charge in [0.05, 0.1) is 16.4 Å². The fraction of sp³-hybridized carbons (Fsp3) is 0.292. The van der Waals surface area contributed by atoms with E-state index < -0.39 is 10.0 Å². The molecule has 0 aliphatic carbocycles. The van der Waals surface area contributed by atoms with Crippen LogP contribution in [0.3, 0.4) is 0 Å². The number of ether oxygens (including phenoxy) is 1. The van der Waals surface area contributed by atoms with Crippen LogP contribution >= 0.6 is 23.6 Å². The van der Waals surface area contributed by atoms with Crippen molar-refractivity contribution in [2.45, 2.75) is 31.7 Å². The quantitative estimate of drug-likeness (QED) is 0.222. The Labute approximate surface area is 220 Å². The van der Waals surface area contributed by atoms with E-state index in [1.165, 1.54) is 31.4 Å². The maximum absolute atomic E-state index is 13.1. The van der Waals surface area contributed by atoms with Crippen LogP contribution < -0.4 is 20.7 Å². The molecule has 1 aromatic heterocycles. The number of amides is 1. The molecule has 0 bridgehead atoms. The molecule has 4 N–H and O–H groups in total. The van der Waals surface area contributed by atoms with Gasteiger partial charge in [0.2, 0.25) is 15.9 Å². The summed E-state index contributed by atoms with van der Waals surface area (Å²) in [7, 11) is -2.38. The predicted octanol–water partition coefficient (Wildman–Crippen LogP) is 4.06. The molecular weight excluding hydrogens is 518 g/mol. The summed E-state index contributed by atoms with van der Waals surface area (Å²) in [5.41, 5.74) is 2.60. The van der Waals surface area contributed by atoms with E-state index in [0.29, 0.717) is 21.2 Å². The topological polar surface area (TPSA) is 121 Å². The van der Waals surface area contributed by atoms with Gasteiger partial charge in [-0.05, 0) is 62.5 Å². The number of carbonyl (C=O) groups is 1. The Kier molecular flexibility index (Phi) is 9.51. The number of carbonyl (C=O) groups excluding carboxylic acids is 1. The second kappa shape index (κ2) is 12.4. The van der Waals surface area contributed by atoms with Crippen molar-refractivity contribution in [1.82, 2.24) is 15.0 Å². The highest BCUT2D eigenvalue weighted by atomic mass is 32.2. The molecule has 3 aromatic rings. The zero-order chi connectivity index (χ0) is 26.3. The van der Waals surface area contributed by atoms with Gasteiger partial charge in [-0.3, -0.25) is 4.79 Å². The van der Waals surface area contributed by atoms with E-state index in [1.54, 1.807) is 18.3 Å². The fourth-order valence-corrected chi connectivity index (χ4v) is 5.88. The summed E-state index contributed by atoms with van der Waals surface area (Å²) in [6.45, 7) is 5.73. The van der Waals surface area contributed by atoms with Gasteiger partial charge in [0.25, 0.3) is 0 Å². The highest BCUT2D eigenvalue weighted by molar-refractivity contribution is 7.89. The number of hydrogen-bond acceptors (Lipinski definition) is 7. The summed E-state index contributed by atoms with van der Waals surface area (Å²) >= 11 is 6.66. The third-order valence-corrected chi connectivity index (χ3v) is 7.57. The first-order chi connectivity index (χ1) is 17.1. The van der Waals surface area contributed by atoms with Crippen LogP contribution in [-0.4, -0.2) is 50.7 Å². The van der Waals surface area contributed by atoms with E-state index in [0.717, 1.165) is 16.3 Å². The molecule has 0 aliphatic rings. The van der Waals surface area contributed by atoms with Gasteiger partial charge in [-0.2, -0.15) is 0 Å². The second-order valence-corrected chi connectivity index (χ2v) is 11.3. The van der Waals surface area contributed by atoms with Crippen molar-refractivity contribution < 1.29 is 17.9 Å². The van der Waals surface area contributed by atoms with E-state index in [2.05, 4.69) is 25.7 Å². The van der Waals surface area contributed by atoms with Gasteiger partial charge >= 0.3 is 0 Å². The molecule has 0 saturated heterocycles. The van der Waals surface area contributed by atoms with Crippen molar-refractivity contribution >= 4 is 56.0 Å². The number of thiazole rings is 1. The number of anilines is 2. The average molecular weight is 548 g/mol. The van der Waals surface area contributed by atoms with Gasteiger partial charge in [0.15, 0.2) is 5.11 Å². The van der Waals surface area contributed by atoms with Crippen LogP contribution in [0.4, 0.5) is 11.4 Å². The predicted molar refractivity (Wildman–Crippen MR) is 149 cm³/mol. The third kappa shape index (κ3) is 7.55. The van der Waals surface area contributed by atoms with Crippen molar-refractivity contribution in [3.8, 4) is 21.0 Å². The maximum atomic E-state index is 13.1. The largest absolute Gasteiger partial charge is 0.383 e. The van der Waals surface area contributed by atoms with Gasteiger partial charge in [-0.1, -0.05) is 6.07 Å². The number of nitrogens with one attached hydrogen (secondary N) is 4. The smallest absolute Gasteiger partial charge is 0.241 e. The van der Waals surface area contributed by atoms with Crippen molar-refractivity contribution in [3.05, 3.63) is 48.7 Å². The van der Waals surface area contributed by atoms with E-state index in [-0.39, 0.29) is 30.0 Å².